The van der Waals surface area contributed by atoms with Crippen LogP contribution >= 0.6 is 43.5 Å². The van der Waals surface area contributed by atoms with Crippen LogP contribution in [0.3, 0.4) is 0 Å². The zero-order valence-electron chi connectivity index (χ0n) is 14.2. The largest absolute Gasteiger partial charge is 0.381 e. The molecular formula is C20H19Br2ClN2O. The number of hydrogen-bond donors (Lipinski definition) is 1. The van der Waals surface area contributed by atoms with E-state index in [0.29, 0.717) is 6.54 Å². The molecule has 2 heterocycles. The van der Waals surface area contributed by atoms with Crippen molar-refractivity contribution in [2.75, 3.05) is 18.5 Å². The van der Waals surface area contributed by atoms with Crippen LogP contribution in [0.1, 0.15) is 24.0 Å². The summed E-state index contributed by atoms with van der Waals surface area (Å²) in [7, 11) is 0. The van der Waals surface area contributed by atoms with Gasteiger partial charge in [-0.2, -0.15) is 0 Å². The average molecular weight is 499 g/mol. The lowest BCUT2D eigenvalue weighted by atomic mass is 9.71. The first kappa shape index (κ1) is 18.5. The third kappa shape index (κ3) is 3.59. The number of aliphatic imine (C=N–C) groups is 1. The Balaban J connectivity index is 1.72. The lowest BCUT2D eigenvalue weighted by Crippen LogP contribution is -2.46. The number of anilines is 1. The monoisotopic (exact) mass is 496 g/mol. The first-order chi connectivity index (χ1) is 12.6. The highest BCUT2D eigenvalue weighted by atomic mass is 79.9. The fourth-order valence-corrected chi connectivity index (χ4v) is 4.92. The Bertz CT molecular complexity index is 863. The van der Waals surface area contributed by atoms with Crippen molar-refractivity contribution in [1.29, 1.82) is 0 Å². The maximum atomic E-state index is 6.12. The van der Waals surface area contributed by atoms with Gasteiger partial charge < -0.3 is 10.1 Å². The topological polar surface area (TPSA) is 33.6 Å². The third-order valence-corrected chi connectivity index (χ3v) is 6.86. The molecule has 1 N–H and O–H groups in total. The molecule has 0 amide bonds. The molecule has 2 aliphatic heterocycles. The zero-order chi connectivity index (χ0) is 18.1. The minimum absolute atomic E-state index is 0.00708. The zero-order valence-corrected chi connectivity index (χ0v) is 18.1. The summed E-state index contributed by atoms with van der Waals surface area (Å²) in [4.78, 5) is 5.00. The maximum absolute atomic E-state index is 6.12. The number of rotatable bonds is 2. The van der Waals surface area contributed by atoms with E-state index < -0.39 is 0 Å². The van der Waals surface area contributed by atoms with Crippen LogP contribution in [0.4, 0.5) is 5.69 Å². The molecular weight excluding hydrogens is 479 g/mol. The van der Waals surface area contributed by atoms with Gasteiger partial charge in [0.15, 0.2) is 0 Å². The van der Waals surface area contributed by atoms with E-state index in [0.717, 1.165) is 63.5 Å². The van der Waals surface area contributed by atoms with E-state index in [1.54, 1.807) is 0 Å². The van der Waals surface area contributed by atoms with Gasteiger partial charge in [0.05, 0.1) is 12.2 Å². The Kier molecular flexibility index (Phi) is 5.42. The fraction of sp³-hybridized carbons (Fsp3) is 0.350. The van der Waals surface area contributed by atoms with Gasteiger partial charge in [0.2, 0.25) is 0 Å². The van der Waals surface area contributed by atoms with Crippen LogP contribution in [0.5, 0.6) is 0 Å². The van der Waals surface area contributed by atoms with E-state index >= 15 is 0 Å². The molecule has 0 unspecified atom stereocenters. The molecule has 0 bridgehead atoms. The highest BCUT2D eigenvalue weighted by Crippen LogP contribution is 2.46. The summed E-state index contributed by atoms with van der Waals surface area (Å²) in [5.74, 6) is 1.06. The van der Waals surface area contributed by atoms with Crippen molar-refractivity contribution in [2.45, 2.75) is 25.8 Å². The number of benzene rings is 2. The van der Waals surface area contributed by atoms with Crippen molar-refractivity contribution >= 4 is 55.0 Å². The molecule has 26 heavy (non-hydrogen) atoms. The van der Waals surface area contributed by atoms with Crippen LogP contribution in [0, 0.1) is 5.41 Å². The molecule has 136 valence electrons. The van der Waals surface area contributed by atoms with Gasteiger partial charge >= 0.3 is 0 Å². The predicted molar refractivity (Wildman–Crippen MR) is 114 cm³/mol. The maximum Gasteiger partial charge on any atom is 0.108 e. The Morgan fingerprint density at radius 1 is 1.12 bits per heavy atom. The van der Waals surface area contributed by atoms with Crippen molar-refractivity contribution in [3.8, 4) is 0 Å². The lowest BCUT2D eigenvalue weighted by Gasteiger charge is -2.43. The third-order valence-electron chi connectivity index (χ3n) is 5.22. The summed E-state index contributed by atoms with van der Waals surface area (Å²) >= 11 is 13.5. The lowest BCUT2D eigenvalue weighted by molar-refractivity contribution is 0.0448. The van der Waals surface area contributed by atoms with Crippen molar-refractivity contribution in [2.24, 2.45) is 10.4 Å². The second-order valence-electron chi connectivity index (χ2n) is 6.87. The molecule has 4 rings (SSSR count). The Labute approximate surface area is 175 Å². The van der Waals surface area contributed by atoms with E-state index in [2.05, 4.69) is 55.4 Å². The van der Waals surface area contributed by atoms with Gasteiger partial charge in [0.1, 0.15) is 5.84 Å². The van der Waals surface area contributed by atoms with E-state index in [4.69, 9.17) is 21.3 Å². The summed E-state index contributed by atoms with van der Waals surface area (Å²) in [6, 6.07) is 12.1. The van der Waals surface area contributed by atoms with Gasteiger partial charge in [-0.3, -0.25) is 4.99 Å². The van der Waals surface area contributed by atoms with Gasteiger partial charge in [0.25, 0.3) is 0 Å². The number of fused-ring (bicyclic) bond motifs is 1. The van der Waals surface area contributed by atoms with Crippen LogP contribution in [0.15, 0.2) is 50.3 Å². The number of hydrogen-bond acceptors (Lipinski definition) is 2. The summed E-state index contributed by atoms with van der Waals surface area (Å²) < 4.78 is 7.85. The summed E-state index contributed by atoms with van der Waals surface area (Å²) in [5.41, 5.74) is 3.55. The normalized spacial score (nSPS) is 20.0. The second kappa shape index (κ2) is 7.63. The highest BCUT2D eigenvalue weighted by Gasteiger charge is 2.42. The van der Waals surface area contributed by atoms with Gasteiger partial charge in [-0.05, 0) is 70.6 Å². The summed E-state index contributed by atoms with van der Waals surface area (Å²) in [6.45, 7) is 2.17. The highest BCUT2D eigenvalue weighted by molar-refractivity contribution is 9.11. The molecule has 6 heteroatoms. The molecule has 2 aliphatic rings. The van der Waals surface area contributed by atoms with Crippen LogP contribution in [-0.2, 0) is 17.7 Å². The molecule has 1 saturated heterocycles. The first-order valence-corrected chi connectivity index (χ1v) is 10.6. The molecule has 1 spiro atoms. The van der Waals surface area contributed by atoms with Gasteiger partial charge in [0, 0.05) is 32.6 Å². The average Bonchev–Trinajstić information content (AvgIpc) is 2.64. The van der Waals surface area contributed by atoms with E-state index in [1.807, 2.05) is 18.2 Å². The number of ether oxygens (including phenoxy) is 1. The molecule has 2 aromatic rings. The number of nitrogens with one attached hydrogen (secondary N) is 1. The van der Waals surface area contributed by atoms with Crippen molar-refractivity contribution in [1.82, 2.24) is 0 Å². The number of halogens is 3. The smallest absolute Gasteiger partial charge is 0.108 e. The fourth-order valence-electron chi connectivity index (χ4n) is 3.76. The minimum atomic E-state index is 0.00708. The van der Waals surface area contributed by atoms with Crippen molar-refractivity contribution in [3.05, 3.63) is 61.5 Å². The minimum Gasteiger partial charge on any atom is -0.381 e. The molecule has 0 aliphatic carbocycles. The van der Waals surface area contributed by atoms with Gasteiger partial charge in [-0.15, -0.1) is 0 Å². The molecule has 0 saturated carbocycles. The van der Waals surface area contributed by atoms with Crippen LogP contribution in [-0.4, -0.2) is 19.0 Å². The molecule has 1 fully saturated rings. The van der Waals surface area contributed by atoms with Crippen LogP contribution in [0.25, 0.3) is 0 Å². The predicted octanol–water partition coefficient (Wildman–Crippen LogP) is 6.23. The van der Waals surface area contributed by atoms with Gasteiger partial charge in [-0.25, -0.2) is 0 Å². The van der Waals surface area contributed by atoms with Gasteiger partial charge in [-0.1, -0.05) is 39.7 Å². The van der Waals surface area contributed by atoms with Crippen LogP contribution in [0.2, 0.25) is 5.02 Å². The SMILES string of the molecule is Clc1cccc(CN=C2Nc3c(Br)ccc(Br)c3CC23CCOCC3)c1. The molecule has 0 atom stereocenters. The summed E-state index contributed by atoms with van der Waals surface area (Å²) in [5, 5.41) is 4.38. The number of amidine groups is 1. The number of nitrogens with zero attached hydrogens (tertiary/aromatic N) is 1. The first-order valence-electron chi connectivity index (χ1n) is 8.68. The van der Waals surface area contributed by atoms with E-state index in [1.165, 1.54) is 5.56 Å². The van der Waals surface area contributed by atoms with Crippen molar-refractivity contribution < 1.29 is 4.74 Å². The van der Waals surface area contributed by atoms with E-state index in [9.17, 15) is 0 Å². The molecule has 3 nitrogen and oxygen atoms in total. The quantitative estimate of drug-likeness (QED) is 0.533. The summed E-state index contributed by atoms with van der Waals surface area (Å²) in [6.07, 6.45) is 2.92. The Hall–Kier alpha value is -0.880. The molecule has 2 aromatic carbocycles. The second-order valence-corrected chi connectivity index (χ2v) is 9.02. The standard InChI is InChI=1S/C20H19Br2ClN2O/c21-16-4-5-17(22)18-15(16)11-20(6-8-26-9-7-20)19(25-18)24-12-13-2-1-3-14(23)10-13/h1-5,10H,6-9,11-12H2,(H,24,25). The Morgan fingerprint density at radius 2 is 1.88 bits per heavy atom. The molecule has 0 radical (unpaired) electrons. The Morgan fingerprint density at radius 3 is 2.65 bits per heavy atom. The molecule has 0 aromatic heterocycles. The van der Waals surface area contributed by atoms with E-state index in [-0.39, 0.29) is 5.41 Å². The van der Waals surface area contributed by atoms with Crippen LogP contribution < -0.4 is 5.32 Å². The van der Waals surface area contributed by atoms with Crippen molar-refractivity contribution in [3.63, 3.8) is 0 Å².